The maximum Gasteiger partial charge on any atom is 0.303 e. The number of H-pyrrole nitrogens is 1. The first-order valence-electron chi connectivity index (χ1n) is 6.69. The summed E-state index contributed by atoms with van der Waals surface area (Å²) in [6.07, 6.45) is 3.06. The number of fused-ring (bicyclic) bond motifs is 1. The number of aromatic amines is 1. The van der Waals surface area contributed by atoms with Crippen LogP contribution in [0.1, 0.15) is 18.4 Å². The van der Waals surface area contributed by atoms with Gasteiger partial charge in [-0.1, -0.05) is 0 Å². The van der Waals surface area contributed by atoms with Crippen LogP contribution in [-0.4, -0.2) is 38.9 Å². The number of aliphatic carboxylic acids is 1. The highest BCUT2D eigenvalue weighted by Crippen LogP contribution is 2.17. The Hall–Kier alpha value is -2.90. The second-order valence-corrected chi connectivity index (χ2v) is 4.83. The number of carboxylic acid groups (broad SMARTS) is 1. The minimum Gasteiger partial charge on any atom is -0.481 e. The quantitative estimate of drug-likeness (QED) is 0.567. The third-order valence-electron chi connectivity index (χ3n) is 3.21. The first-order valence-corrected chi connectivity index (χ1v) is 6.69. The lowest BCUT2D eigenvalue weighted by atomic mass is 10.1. The summed E-state index contributed by atoms with van der Waals surface area (Å²) in [7, 11) is 0. The van der Waals surface area contributed by atoms with Crippen molar-refractivity contribution >= 4 is 28.8 Å². The highest BCUT2D eigenvalue weighted by atomic mass is 16.4. The average Bonchev–Trinajstić information content (AvgIpc) is 2.87. The zero-order valence-corrected chi connectivity index (χ0v) is 11.7. The Morgan fingerprint density at radius 3 is 2.82 bits per heavy atom. The maximum atomic E-state index is 11.7. The molecule has 0 saturated heterocycles. The van der Waals surface area contributed by atoms with Gasteiger partial charge in [0.25, 0.3) is 0 Å². The summed E-state index contributed by atoms with van der Waals surface area (Å²) in [6, 6.07) is 2.71. The molecule has 0 spiro atoms. The van der Waals surface area contributed by atoms with Gasteiger partial charge < -0.3 is 21.1 Å². The molecule has 0 unspecified atom stereocenters. The highest BCUT2D eigenvalue weighted by Gasteiger charge is 2.20. The number of amides is 2. The van der Waals surface area contributed by atoms with Crippen molar-refractivity contribution in [1.29, 1.82) is 0 Å². The minimum atomic E-state index is -1.08. The fourth-order valence-electron chi connectivity index (χ4n) is 2.11. The molecule has 2 heterocycles. The van der Waals surface area contributed by atoms with Crippen LogP contribution in [0, 0.1) is 0 Å². The molecule has 0 aliphatic rings. The molecule has 0 aliphatic carbocycles. The Bertz CT molecular complexity index is 710. The van der Waals surface area contributed by atoms with Crippen LogP contribution >= 0.6 is 0 Å². The first-order chi connectivity index (χ1) is 10.5. The van der Waals surface area contributed by atoms with Gasteiger partial charge >= 0.3 is 5.97 Å². The number of nitrogens with two attached hydrogens (primary N) is 1. The molecule has 0 aliphatic heterocycles. The van der Waals surface area contributed by atoms with Gasteiger partial charge in [0.05, 0.1) is 6.42 Å². The summed E-state index contributed by atoms with van der Waals surface area (Å²) in [5.74, 6) is -2.28. The minimum absolute atomic E-state index is 0.200. The lowest BCUT2D eigenvalue weighted by Gasteiger charge is -2.14. The molecule has 0 fully saturated rings. The van der Waals surface area contributed by atoms with Crippen molar-refractivity contribution in [3.05, 3.63) is 30.1 Å². The lowest BCUT2D eigenvalue weighted by molar-refractivity contribution is -0.139. The summed E-state index contributed by atoms with van der Waals surface area (Å²) >= 11 is 0. The third kappa shape index (κ3) is 3.81. The number of rotatable bonds is 7. The molecule has 8 nitrogen and oxygen atoms in total. The van der Waals surface area contributed by atoms with Crippen molar-refractivity contribution in [2.45, 2.75) is 25.3 Å². The van der Waals surface area contributed by atoms with Crippen molar-refractivity contribution < 1.29 is 19.5 Å². The van der Waals surface area contributed by atoms with E-state index in [4.69, 9.17) is 10.8 Å². The number of pyridine rings is 1. The van der Waals surface area contributed by atoms with Gasteiger partial charge in [0.1, 0.15) is 11.7 Å². The van der Waals surface area contributed by atoms with E-state index >= 15 is 0 Å². The van der Waals surface area contributed by atoms with Crippen LogP contribution in [0.25, 0.3) is 11.0 Å². The average molecular weight is 304 g/mol. The zero-order valence-electron chi connectivity index (χ0n) is 11.7. The molecular weight excluding hydrogens is 288 g/mol. The monoisotopic (exact) mass is 304 g/mol. The molecule has 22 heavy (non-hydrogen) atoms. The summed E-state index contributed by atoms with van der Waals surface area (Å²) in [5, 5.41) is 11.9. The van der Waals surface area contributed by atoms with E-state index in [0.29, 0.717) is 5.65 Å². The molecule has 2 amide bonds. The predicted octanol–water partition coefficient (Wildman–Crippen LogP) is -0.0597. The number of hydrogen-bond donors (Lipinski definition) is 4. The van der Waals surface area contributed by atoms with Crippen molar-refractivity contribution in [3.63, 3.8) is 0 Å². The van der Waals surface area contributed by atoms with Crippen LogP contribution in [-0.2, 0) is 20.8 Å². The van der Waals surface area contributed by atoms with Crippen LogP contribution in [0.2, 0.25) is 0 Å². The molecule has 2 rings (SSSR count). The number of aromatic nitrogens is 2. The van der Waals surface area contributed by atoms with E-state index in [-0.39, 0.29) is 19.3 Å². The summed E-state index contributed by atoms with van der Waals surface area (Å²) < 4.78 is 0. The molecule has 0 bridgehead atoms. The molecule has 8 heteroatoms. The Morgan fingerprint density at radius 1 is 1.36 bits per heavy atom. The van der Waals surface area contributed by atoms with Gasteiger partial charge in [-0.15, -0.1) is 0 Å². The molecule has 1 atom stereocenters. The number of primary amides is 1. The molecule has 2 aromatic rings. The van der Waals surface area contributed by atoms with Gasteiger partial charge in [-0.2, -0.15) is 0 Å². The number of carbonyl (C=O) groups excluding carboxylic acids is 2. The Labute approximate surface area is 125 Å². The summed E-state index contributed by atoms with van der Waals surface area (Å²) in [5.41, 5.74) is 6.78. The molecule has 0 saturated carbocycles. The largest absolute Gasteiger partial charge is 0.481 e. The summed E-state index contributed by atoms with van der Waals surface area (Å²) in [6.45, 7) is 0. The van der Waals surface area contributed by atoms with Gasteiger partial charge in [-0.3, -0.25) is 14.4 Å². The highest BCUT2D eigenvalue weighted by molar-refractivity contribution is 5.89. The standard InChI is InChI=1S/C14H16N4O4/c15-13(22)10(18-11(19)3-4-12(20)21)6-8-7-17-14-9(8)2-1-5-16-14/h1-2,5,7,10H,3-4,6H2,(H2,15,22)(H,16,17)(H,18,19)(H,20,21)/t10-/m0/s1. The normalized spacial score (nSPS) is 12.0. The molecular formula is C14H16N4O4. The smallest absolute Gasteiger partial charge is 0.303 e. The van der Waals surface area contributed by atoms with Crippen molar-refractivity contribution in [2.24, 2.45) is 5.73 Å². The SMILES string of the molecule is NC(=O)[C@H](Cc1c[nH]c2ncccc12)NC(=O)CCC(=O)O. The van der Waals surface area contributed by atoms with Gasteiger partial charge in [0, 0.05) is 30.6 Å². The molecule has 116 valence electrons. The number of carboxylic acids is 1. The van der Waals surface area contributed by atoms with E-state index in [2.05, 4.69) is 15.3 Å². The Balaban J connectivity index is 2.07. The van der Waals surface area contributed by atoms with Gasteiger partial charge in [-0.05, 0) is 17.7 Å². The number of carbonyl (C=O) groups is 3. The van der Waals surface area contributed by atoms with E-state index in [1.807, 2.05) is 6.07 Å². The third-order valence-corrected chi connectivity index (χ3v) is 3.21. The first kappa shape index (κ1) is 15.5. The fraction of sp³-hybridized carbons (Fsp3) is 0.286. The Morgan fingerprint density at radius 2 is 2.14 bits per heavy atom. The summed E-state index contributed by atoms with van der Waals surface area (Å²) in [4.78, 5) is 40.7. The van der Waals surface area contributed by atoms with E-state index in [0.717, 1.165) is 10.9 Å². The van der Waals surface area contributed by atoms with Crippen molar-refractivity contribution in [3.8, 4) is 0 Å². The number of hydrogen-bond acceptors (Lipinski definition) is 4. The second-order valence-electron chi connectivity index (χ2n) is 4.83. The van der Waals surface area contributed by atoms with Crippen molar-refractivity contribution in [1.82, 2.24) is 15.3 Å². The topological polar surface area (TPSA) is 138 Å². The van der Waals surface area contributed by atoms with Gasteiger partial charge in [0.2, 0.25) is 11.8 Å². The molecule has 5 N–H and O–H groups in total. The second kappa shape index (κ2) is 6.70. The van der Waals surface area contributed by atoms with Crippen LogP contribution in [0.5, 0.6) is 0 Å². The zero-order chi connectivity index (χ0) is 16.1. The Kier molecular flexibility index (Phi) is 4.72. The van der Waals surface area contributed by atoms with Crippen LogP contribution in [0.3, 0.4) is 0 Å². The van der Waals surface area contributed by atoms with Crippen LogP contribution < -0.4 is 11.1 Å². The van der Waals surface area contributed by atoms with Crippen molar-refractivity contribution in [2.75, 3.05) is 0 Å². The van der Waals surface area contributed by atoms with Gasteiger partial charge in [0.15, 0.2) is 0 Å². The van der Waals surface area contributed by atoms with Crippen LogP contribution in [0.4, 0.5) is 0 Å². The fourth-order valence-corrected chi connectivity index (χ4v) is 2.11. The molecule has 0 aromatic carbocycles. The van der Waals surface area contributed by atoms with Gasteiger partial charge in [-0.25, -0.2) is 4.98 Å². The predicted molar refractivity (Wildman–Crippen MR) is 77.8 cm³/mol. The molecule has 2 aromatic heterocycles. The maximum absolute atomic E-state index is 11.7. The number of nitrogens with one attached hydrogen (secondary N) is 2. The number of nitrogens with zero attached hydrogens (tertiary/aromatic N) is 1. The van der Waals surface area contributed by atoms with E-state index < -0.39 is 23.8 Å². The van der Waals surface area contributed by atoms with E-state index in [1.165, 1.54) is 0 Å². The molecule has 0 radical (unpaired) electrons. The van der Waals surface area contributed by atoms with E-state index in [9.17, 15) is 14.4 Å². The van der Waals surface area contributed by atoms with E-state index in [1.54, 1.807) is 18.5 Å². The van der Waals surface area contributed by atoms with Crippen LogP contribution in [0.15, 0.2) is 24.5 Å². The lowest BCUT2D eigenvalue weighted by Crippen LogP contribution is -2.45.